The molecule has 1 atom stereocenters. The third kappa shape index (κ3) is 3.74. The average molecular weight is 379 g/mol. The summed E-state index contributed by atoms with van der Waals surface area (Å²) in [7, 11) is 0. The molecule has 0 bridgehead atoms. The topological polar surface area (TPSA) is 58.6 Å². The van der Waals surface area contributed by atoms with Gasteiger partial charge in [0, 0.05) is 45.1 Å². The lowest BCUT2D eigenvalue weighted by Gasteiger charge is -2.47. The minimum absolute atomic E-state index is 0.255. The van der Waals surface area contributed by atoms with Gasteiger partial charge in [-0.2, -0.15) is 0 Å². The number of nitrogens with zero attached hydrogens (tertiary/aromatic N) is 4. The number of likely N-dealkylation sites (tertiary alicyclic amines) is 1. The Hall–Kier alpha value is -1.21. The maximum absolute atomic E-state index is 12.4. The minimum atomic E-state index is 0.255. The highest BCUT2D eigenvalue weighted by atomic mass is 32.1. The summed E-state index contributed by atoms with van der Waals surface area (Å²) in [6.07, 6.45) is 6.49. The van der Waals surface area contributed by atoms with Crippen molar-refractivity contribution in [3.05, 3.63) is 5.01 Å². The Morgan fingerprint density at radius 1 is 1.27 bits per heavy atom. The molecule has 1 spiro atoms. The van der Waals surface area contributed by atoms with Crippen molar-refractivity contribution in [3.8, 4) is 0 Å². The average Bonchev–Trinajstić information content (AvgIpc) is 3.31. The van der Waals surface area contributed by atoms with Crippen LogP contribution in [0.15, 0.2) is 0 Å². The number of carbonyl (C=O) groups is 1. The van der Waals surface area contributed by atoms with Gasteiger partial charge >= 0.3 is 0 Å². The normalized spacial score (nSPS) is 26.3. The van der Waals surface area contributed by atoms with Crippen LogP contribution in [0.2, 0.25) is 0 Å². The summed E-state index contributed by atoms with van der Waals surface area (Å²) in [5.41, 5.74) is 0.286. The van der Waals surface area contributed by atoms with E-state index in [0.29, 0.717) is 18.2 Å². The molecule has 3 fully saturated rings. The molecular weight excluding hydrogens is 348 g/mol. The van der Waals surface area contributed by atoms with Crippen LogP contribution >= 0.6 is 11.3 Å². The Balaban J connectivity index is 1.36. The van der Waals surface area contributed by atoms with Gasteiger partial charge in [-0.1, -0.05) is 25.2 Å². The fourth-order valence-electron chi connectivity index (χ4n) is 4.47. The first-order chi connectivity index (χ1) is 12.5. The highest BCUT2D eigenvalue weighted by Crippen LogP contribution is 2.42. The lowest BCUT2D eigenvalue weighted by molar-refractivity contribution is -0.140. The number of rotatable bonds is 4. The third-order valence-electron chi connectivity index (χ3n) is 6.21. The molecule has 0 aromatic carbocycles. The molecule has 6 nitrogen and oxygen atoms in total. The highest BCUT2D eigenvalue weighted by Gasteiger charge is 2.42. The summed E-state index contributed by atoms with van der Waals surface area (Å²) in [5.74, 6) is 0.757. The van der Waals surface area contributed by atoms with Gasteiger partial charge in [0.05, 0.1) is 6.10 Å². The summed E-state index contributed by atoms with van der Waals surface area (Å²) in [6, 6.07) is 0. The second-order valence-electron chi connectivity index (χ2n) is 8.47. The van der Waals surface area contributed by atoms with Crippen molar-refractivity contribution in [2.45, 2.75) is 64.4 Å². The summed E-state index contributed by atoms with van der Waals surface area (Å²) in [5, 5.41) is 10.9. The van der Waals surface area contributed by atoms with Gasteiger partial charge in [-0.05, 0) is 37.5 Å². The second-order valence-corrected chi connectivity index (χ2v) is 9.46. The van der Waals surface area contributed by atoms with E-state index in [4.69, 9.17) is 4.74 Å². The zero-order chi connectivity index (χ0) is 18.1. The Kier molecular flexibility index (Phi) is 5.19. The van der Waals surface area contributed by atoms with Crippen LogP contribution in [0, 0.1) is 5.41 Å². The van der Waals surface area contributed by atoms with Crippen molar-refractivity contribution in [2.75, 3.05) is 37.7 Å². The first-order valence-electron chi connectivity index (χ1n) is 10.0. The molecule has 7 heteroatoms. The van der Waals surface area contributed by atoms with Crippen molar-refractivity contribution in [1.29, 1.82) is 0 Å². The number of aromatic nitrogens is 2. The lowest BCUT2D eigenvalue weighted by Crippen LogP contribution is -2.53. The van der Waals surface area contributed by atoms with E-state index in [1.165, 1.54) is 0 Å². The van der Waals surface area contributed by atoms with Crippen molar-refractivity contribution >= 4 is 22.4 Å². The minimum Gasteiger partial charge on any atom is -0.376 e. The van der Waals surface area contributed by atoms with Gasteiger partial charge in [0.25, 0.3) is 0 Å². The zero-order valence-electron chi connectivity index (χ0n) is 15.9. The number of carbonyl (C=O) groups excluding carboxylic acids is 1. The number of piperidine rings is 2. The first-order valence-corrected chi connectivity index (χ1v) is 10.8. The number of ether oxygens (including phenoxy) is 1. The van der Waals surface area contributed by atoms with Crippen LogP contribution in [0.3, 0.4) is 0 Å². The molecule has 0 aliphatic carbocycles. The third-order valence-corrected chi connectivity index (χ3v) is 7.50. The van der Waals surface area contributed by atoms with Gasteiger partial charge in [0.15, 0.2) is 0 Å². The van der Waals surface area contributed by atoms with E-state index in [9.17, 15) is 4.79 Å². The van der Waals surface area contributed by atoms with Gasteiger partial charge in [0.2, 0.25) is 11.0 Å². The second kappa shape index (κ2) is 7.43. The molecule has 1 aromatic heterocycles. The fourth-order valence-corrected chi connectivity index (χ4v) is 5.37. The fraction of sp³-hybridized carbons (Fsp3) is 0.842. The lowest BCUT2D eigenvalue weighted by atomic mass is 9.72. The maximum Gasteiger partial charge on any atom is 0.222 e. The molecule has 144 valence electrons. The van der Waals surface area contributed by atoms with Gasteiger partial charge in [-0.15, -0.1) is 10.2 Å². The Morgan fingerprint density at radius 3 is 2.73 bits per heavy atom. The summed E-state index contributed by atoms with van der Waals surface area (Å²) >= 11 is 1.73. The number of anilines is 1. The van der Waals surface area contributed by atoms with Gasteiger partial charge in [0.1, 0.15) is 5.01 Å². The maximum atomic E-state index is 12.4. The molecule has 1 unspecified atom stereocenters. The molecular formula is C19H30N4O2S. The van der Waals surface area contributed by atoms with Crippen molar-refractivity contribution < 1.29 is 9.53 Å². The molecule has 26 heavy (non-hydrogen) atoms. The molecule has 1 amide bonds. The van der Waals surface area contributed by atoms with E-state index in [2.05, 4.69) is 33.8 Å². The quantitative estimate of drug-likeness (QED) is 0.806. The van der Waals surface area contributed by atoms with Crippen LogP contribution in [0.1, 0.15) is 63.3 Å². The van der Waals surface area contributed by atoms with Gasteiger partial charge in [-0.3, -0.25) is 4.79 Å². The number of amides is 1. The molecule has 3 aliphatic rings. The molecule has 0 N–H and O–H groups in total. The van der Waals surface area contributed by atoms with E-state index in [1.807, 2.05) is 0 Å². The smallest absolute Gasteiger partial charge is 0.222 e. The van der Waals surface area contributed by atoms with E-state index < -0.39 is 0 Å². The van der Waals surface area contributed by atoms with E-state index in [0.717, 1.165) is 75.0 Å². The Morgan fingerprint density at radius 2 is 2.08 bits per heavy atom. The Bertz CT molecular complexity index is 633. The van der Waals surface area contributed by atoms with Crippen LogP contribution in [0.5, 0.6) is 0 Å². The standard InChI is InChI=1S/C19H30N4O2S/c1-14(2)17-20-21-18(26-17)22-9-7-19(8-10-22)6-5-16(24)23(13-19)12-15-4-3-11-25-15/h14-15H,3-13H2,1-2H3. The van der Waals surface area contributed by atoms with Crippen LogP contribution in [-0.4, -0.2) is 59.9 Å². The molecule has 3 saturated heterocycles. The van der Waals surface area contributed by atoms with Crippen molar-refractivity contribution in [1.82, 2.24) is 15.1 Å². The van der Waals surface area contributed by atoms with Crippen LogP contribution < -0.4 is 4.90 Å². The predicted octanol–water partition coefficient (Wildman–Crippen LogP) is 3.05. The molecule has 4 heterocycles. The monoisotopic (exact) mass is 378 g/mol. The first kappa shape index (κ1) is 18.2. The largest absolute Gasteiger partial charge is 0.376 e. The van der Waals surface area contributed by atoms with Crippen molar-refractivity contribution in [3.63, 3.8) is 0 Å². The zero-order valence-corrected chi connectivity index (χ0v) is 16.8. The van der Waals surface area contributed by atoms with Gasteiger partial charge in [-0.25, -0.2) is 0 Å². The summed E-state index contributed by atoms with van der Waals surface area (Å²) < 4.78 is 5.76. The molecule has 0 radical (unpaired) electrons. The predicted molar refractivity (Wildman–Crippen MR) is 103 cm³/mol. The number of hydrogen-bond donors (Lipinski definition) is 0. The van der Waals surface area contributed by atoms with Gasteiger partial charge < -0.3 is 14.5 Å². The van der Waals surface area contributed by atoms with E-state index >= 15 is 0 Å². The highest BCUT2D eigenvalue weighted by molar-refractivity contribution is 7.15. The summed E-state index contributed by atoms with van der Waals surface area (Å²) in [4.78, 5) is 16.9. The van der Waals surface area contributed by atoms with Crippen LogP contribution in [0.4, 0.5) is 5.13 Å². The molecule has 4 rings (SSSR count). The number of hydrogen-bond acceptors (Lipinski definition) is 6. The molecule has 0 saturated carbocycles. The molecule has 1 aromatic rings. The molecule has 3 aliphatic heterocycles. The van der Waals surface area contributed by atoms with Crippen LogP contribution in [-0.2, 0) is 9.53 Å². The van der Waals surface area contributed by atoms with Crippen molar-refractivity contribution in [2.24, 2.45) is 5.41 Å². The summed E-state index contributed by atoms with van der Waals surface area (Å²) in [6.45, 7) is 8.93. The van der Waals surface area contributed by atoms with Crippen LogP contribution in [0.25, 0.3) is 0 Å². The van der Waals surface area contributed by atoms with E-state index in [1.54, 1.807) is 11.3 Å². The SMILES string of the molecule is CC(C)c1nnc(N2CCC3(CCC(=O)N(CC4CCCO4)C3)CC2)s1. The Labute approximate surface area is 159 Å². The van der Waals surface area contributed by atoms with E-state index in [-0.39, 0.29) is 11.5 Å².